The Morgan fingerprint density at radius 1 is 1.42 bits per heavy atom. The number of pyridine rings is 1. The largest absolute Gasteiger partial charge is 0.469 e. The van der Waals surface area contributed by atoms with Crippen molar-refractivity contribution in [2.75, 3.05) is 12.4 Å². The lowest BCUT2D eigenvalue weighted by molar-refractivity contribution is -0.146. The lowest BCUT2D eigenvalue weighted by atomic mass is 9.86. The molecule has 0 saturated heterocycles. The molecular weight excluding hydrogens is 308 g/mol. The average Bonchev–Trinajstić information content (AvgIpc) is 2.43. The summed E-state index contributed by atoms with van der Waals surface area (Å²) in [7, 11) is 1.46. The number of halogens is 1. The topological polar surface area (TPSA) is 51.2 Å². The van der Waals surface area contributed by atoms with Gasteiger partial charge in [-0.3, -0.25) is 4.79 Å². The van der Waals surface area contributed by atoms with E-state index in [0.717, 1.165) is 36.0 Å². The van der Waals surface area contributed by atoms with Gasteiger partial charge in [-0.2, -0.15) is 0 Å². The summed E-state index contributed by atoms with van der Waals surface area (Å²) in [5.41, 5.74) is 1.17. The van der Waals surface area contributed by atoms with Gasteiger partial charge in [0.25, 0.3) is 0 Å². The lowest BCUT2D eigenvalue weighted by Crippen LogP contribution is -2.30. The highest BCUT2D eigenvalue weighted by Crippen LogP contribution is 2.27. The van der Waals surface area contributed by atoms with E-state index in [2.05, 4.69) is 26.2 Å². The van der Waals surface area contributed by atoms with Crippen molar-refractivity contribution in [2.24, 2.45) is 5.92 Å². The van der Waals surface area contributed by atoms with Crippen molar-refractivity contribution in [1.29, 1.82) is 0 Å². The molecule has 19 heavy (non-hydrogen) atoms. The Bertz CT molecular complexity index is 457. The van der Waals surface area contributed by atoms with E-state index in [1.165, 1.54) is 12.7 Å². The van der Waals surface area contributed by atoms with Gasteiger partial charge in [-0.1, -0.05) is 0 Å². The molecule has 0 atom stereocenters. The molecule has 0 radical (unpaired) electrons. The van der Waals surface area contributed by atoms with E-state index < -0.39 is 0 Å². The fraction of sp³-hybridized carbons (Fsp3) is 0.571. The van der Waals surface area contributed by atoms with Crippen LogP contribution in [0.25, 0.3) is 0 Å². The van der Waals surface area contributed by atoms with Crippen LogP contribution in [0.1, 0.15) is 31.2 Å². The Labute approximate surface area is 122 Å². The third-order valence-corrected chi connectivity index (χ3v) is 4.49. The third kappa shape index (κ3) is 3.69. The van der Waals surface area contributed by atoms with Crippen molar-refractivity contribution >= 4 is 27.7 Å². The van der Waals surface area contributed by atoms with Crippen molar-refractivity contribution in [3.63, 3.8) is 0 Å². The third-order valence-electron chi connectivity index (χ3n) is 3.66. The minimum absolute atomic E-state index is 0.0719. The number of methoxy groups -OCH3 is 1. The summed E-state index contributed by atoms with van der Waals surface area (Å²) in [6.45, 7) is 2.05. The fourth-order valence-corrected chi connectivity index (χ4v) is 2.68. The number of rotatable bonds is 3. The number of hydrogen-bond donors (Lipinski definition) is 1. The number of aromatic nitrogens is 1. The molecule has 0 aliphatic heterocycles. The average molecular weight is 327 g/mol. The molecule has 1 aliphatic carbocycles. The minimum Gasteiger partial charge on any atom is -0.469 e. The quantitative estimate of drug-likeness (QED) is 0.866. The van der Waals surface area contributed by atoms with E-state index in [1.807, 2.05) is 19.2 Å². The minimum atomic E-state index is -0.0731. The number of nitrogens with one attached hydrogen (secondary N) is 1. The molecule has 1 aromatic rings. The molecular formula is C14H19BrN2O2. The molecule has 1 aromatic heterocycles. The Hall–Kier alpha value is -1.10. The number of hydrogen-bond acceptors (Lipinski definition) is 4. The van der Waals surface area contributed by atoms with Crippen LogP contribution in [-0.4, -0.2) is 24.1 Å². The van der Waals surface area contributed by atoms with Crippen molar-refractivity contribution in [3.05, 3.63) is 22.3 Å². The standard InChI is InChI=1S/C14H19BrN2O2/c1-9-7-13(16-8-12(9)15)17-11-5-3-10(4-6-11)14(18)19-2/h7-8,10-11H,3-6H2,1-2H3,(H,16,17). The van der Waals surface area contributed by atoms with Gasteiger partial charge in [-0.25, -0.2) is 4.98 Å². The number of aryl methyl sites for hydroxylation is 1. The van der Waals surface area contributed by atoms with E-state index in [-0.39, 0.29) is 11.9 Å². The van der Waals surface area contributed by atoms with E-state index in [9.17, 15) is 4.79 Å². The van der Waals surface area contributed by atoms with Crippen LogP contribution in [0.15, 0.2) is 16.7 Å². The molecule has 2 rings (SSSR count). The van der Waals surface area contributed by atoms with Gasteiger partial charge in [0.1, 0.15) is 5.82 Å². The number of carbonyl (C=O) groups is 1. The molecule has 4 nitrogen and oxygen atoms in total. The first kappa shape index (κ1) is 14.3. The molecule has 0 bridgehead atoms. The lowest BCUT2D eigenvalue weighted by Gasteiger charge is -2.28. The van der Waals surface area contributed by atoms with Crippen LogP contribution in [0.5, 0.6) is 0 Å². The number of nitrogens with zero attached hydrogens (tertiary/aromatic N) is 1. The summed E-state index contributed by atoms with van der Waals surface area (Å²) in [4.78, 5) is 15.8. The van der Waals surface area contributed by atoms with Crippen molar-refractivity contribution < 1.29 is 9.53 Å². The normalized spacial score (nSPS) is 22.9. The highest BCUT2D eigenvalue weighted by atomic mass is 79.9. The van der Waals surface area contributed by atoms with Crippen molar-refractivity contribution in [2.45, 2.75) is 38.6 Å². The zero-order chi connectivity index (χ0) is 13.8. The molecule has 0 spiro atoms. The molecule has 104 valence electrons. The summed E-state index contributed by atoms with van der Waals surface area (Å²) in [6, 6.07) is 2.44. The molecule has 0 amide bonds. The molecule has 1 fully saturated rings. The van der Waals surface area contributed by atoms with Crippen LogP contribution >= 0.6 is 15.9 Å². The number of anilines is 1. The highest BCUT2D eigenvalue weighted by molar-refractivity contribution is 9.10. The monoisotopic (exact) mass is 326 g/mol. The highest BCUT2D eigenvalue weighted by Gasteiger charge is 2.26. The van der Waals surface area contributed by atoms with E-state index in [1.54, 1.807) is 0 Å². The Morgan fingerprint density at radius 2 is 2.11 bits per heavy atom. The van der Waals surface area contributed by atoms with Crippen LogP contribution in [0, 0.1) is 12.8 Å². The van der Waals surface area contributed by atoms with Crippen LogP contribution in [0.4, 0.5) is 5.82 Å². The first-order valence-corrected chi connectivity index (χ1v) is 7.36. The van der Waals surface area contributed by atoms with Crippen LogP contribution < -0.4 is 5.32 Å². The molecule has 1 heterocycles. The van der Waals surface area contributed by atoms with Crippen LogP contribution in [-0.2, 0) is 9.53 Å². The summed E-state index contributed by atoms with van der Waals surface area (Å²) in [5.74, 6) is 0.904. The molecule has 5 heteroatoms. The van der Waals surface area contributed by atoms with Gasteiger partial charge in [0.05, 0.1) is 13.0 Å². The van der Waals surface area contributed by atoms with Gasteiger partial charge in [-0.15, -0.1) is 0 Å². The maximum absolute atomic E-state index is 11.5. The first-order chi connectivity index (χ1) is 9.10. The van der Waals surface area contributed by atoms with Gasteiger partial charge >= 0.3 is 5.97 Å². The molecule has 1 N–H and O–H groups in total. The summed E-state index contributed by atoms with van der Waals surface area (Å²) >= 11 is 3.44. The van der Waals surface area contributed by atoms with Crippen LogP contribution in [0.2, 0.25) is 0 Å². The van der Waals surface area contributed by atoms with Crippen molar-refractivity contribution in [3.8, 4) is 0 Å². The van der Waals surface area contributed by atoms with Gasteiger partial charge in [0, 0.05) is 16.7 Å². The maximum atomic E-state index is 11.5. The predicted octanol–water partition coefficient (Wildman–Crippen LogP) is 3.30. The van der Waals surface area contributed by atoms with E-state index >= 15 is 0 Å². The second kappa shape index (κ2) is 6.37. The molecule has 0 aromatic carbocycles. The van der Waals surface area contributed by atoms with Gasteiger partial charge in [0.15, 0.2) is 0 Å². The number of carbonyl (C=O) groups excluding carboxylic acids is 1. The van der Waals surface area contributed by atoms with Gasteiger partial charge < -0.3 is 10.1 Å². The summed E-state index contributed by atoms with van der Waals surface area (Å²) in [6.07, 6.45) is 5.56. The Morgan fingerprint density at radius 3 is 2.68 bits per heavy atom. The number of ether oxygens (including phenoxy) is 1. The summed E-state index contributed by atoms with van der Waals surface area (Å²) < 4.78 is 5.82. The summed E-state index contributed by atoms with van der Waals surface area (Å²) in [5, 5.41) is 3.44. The van der Waals surface area contributed by atoms with E-state index in [4.69, 9.17) is 4.74 Å². The smallest absolute Gasteiger partial charge is 0.308 e. The first-order valence-electron chi connectivity index (χ1n) is 6.56. The second-order valence-electron chi connectivity index (χ2n) is 5.03. The maximum Gasteiger partial charge on any atom is 0.308 e. The Balaban J connectivity index is 1.88. The van der Waals surface area contributed by atoms with Gasteiger partial charge in [-0.05, 0) is 60.2 Å². The van der Waals surface area contributed by atoms with Crippen LogP contribution in [0.3, 0.4) is 0 Å². The zero-order valence-electron chi connectivity index (χ0n) is 11.3. The SMILES string of the molecule is COC(=O)C1CCC(Nc2cc(C)c(Br)cn2)CC1. The Kier molecular flexibility index (Phi) is 4.80. The second-order valence-corrected chi connectivity index (χ2v) is 5.89. The zero-order valence-corrected chi connectivity index (χ0v) is 12.9. The molecule has 0 unspecified atom stereocenters. The fourth-order valence-electron chi connectivity index (χ4n) is 2.47. The van der Waals surface area contributed by atoms with E-state index in [0.29, 0.717) is 6.04 Å². The number of esters is 1. The predicted molar refractivity (Wildman–Crippen MR) is 78.1 cm³/mol. The van der Waals surface area contributed by atoms with Crippen molar-refractivity contribution in [1.82, 2.24) is 4.98 Å². The molecule has 1 aliphatic rings. The molecule has 1 saturated carbocycles. The van der Waals surface area contributed by atoms with Gasteiger partial charge in [0.2, 0.25) is 0 Å².